The zero-order chi connectivity index (χ0) is 18.3. The molecule has 1 heterocycles. The summed E-state index contributed by atoms with van der Waals surface area (Å²) in [5.74, 6) is 7.88. The number of aromatic nitrogens is 3. The first-order valence-electron chi connectivity index (χ1n) is 8.65. The summed E-state index contributed by atoms with van der Waals surface area (Å²) in [7, 11) is 0. The molecule has 0 atom stereocenters. The maximum absolute atomic E-state index is 4.44. The molecular formula is C23H17N3S. The smallest absolute Gasteiger partial charge is 0.197 e. The molecule has 0 fully saturated rings. The number of nitrogens with zero attached hydrogens (tertiary/aromatic N) is 3. The summed E-state index contributed by atoms with van der Waals surface area (Å²) in [6.45, 7) is 0. The van der Waals surface area contributed by atoms with Gasteiger partial charge in [-0.25, -0.2) is 0 Å². The highest BCUT2D eigenvalue weighted by Crippen LogP contribution is 2.27. The maximum Gasteiger partial charge on any atom is 0.197 e. The monoisotopic (exact) mass is 367 g/mol. The minimum Gasteiger partial charge on any atom is -0.270 e. The first-order chi connectivity index (χ1) is 13.4. The Labute approximate surface area is 163 Å². The summed E-state index contributed by atoms with van der Waals surface area (Å²) < 4.78 is 2.09. The molecule has 0 bridgehead atoms. The van der Waals surface area contributed by atoms with Crippen LogP contribution in [0.25, 0.3) is 17.1 Å². The van der Waals surface area contributed by atoms with Gasteiger partial charge >= 0.3 is 0 Å². The van der Waals surface area contributed by atoms with E-state index < -0.39 is 0 Å². The fraction of sp³-hybridized carbons (Fsp3) is 0.0435. The molecule has 0 radical (unpaired) electrons. The van der Waals surface area contributed by atoms with Crippen LogP contribution in [0.2, 0.25) is 0 Å². The minimum absolute atomic E-state index is 0.647. The van der Waals surface area contributed by atoms with Crippen LogP contribution in [0, 0.1) is 11.8 Å². The van der Waals surface area contributed by atoms with Crippen LogP contribution in [0.1, 0.15) is 5.56 Å². The van der Waals surface area contributed by atoms with Gasteiger partial charge in [-0.2, -0.15) is 0 Å². The highest BCUT2D eigenvalue weighted by Gasteiger charge is 2.15. The van der Waals surface area contributed by atoms with Gasteiger partial charge in [0.05, 0.1) is 5.75 Å². The molecule has 0 amide bonds. The van der Waals surface area contributed by atoms with Crippen LogP contribution in [0.5, 0.6) is 0 Å². The first-order valence-corrected chi connectivity index (χ1v) is 9.63. The number of para-hydroxylation sites is 1. The van der Waals surface area contributed by atoms with Crippen molar-refractivity contribution in [2.45, 2.75) is 5.16 Å². The van der Waals surface area contributed by atoms with E-state index in [1.165, 1.54) is 0 Å². The van der Waals surface area contributed by atoms with Crippen LogP contribution in [-0.4, -0.2) is 20.5 Å². The van der Waals surface area contributed by atoms with Gasteiger partial charge in [0.1, 0.15) is 0 Å². The van der Waals surface area contributed by atoms with Crippen molar-refractivity contribution in [2.75, 3.05) is 5.75 Å². The van der Waals surface area contributed by atoms with Gasteiger partial charge in [-0.05, 0) is 24.3 Å². The van der Waals surface area contributed by atoms with Gasteiger partial charge < -0.3 is 0 Å². The van der Waals surface area contributed by atoms with E-state index in [2.05, 4.69) is 38.7 Å². The molecule has 4 heteroatoms. The highest BCUT2D eigenvalue weighted by molar-refractivity contribution is 7.99. The third kappa shape index (κ3) is 4.11. The second kappa shape index (κ2) is 8.39. The lowest BCUT2D eigenvalue weighted by molar-refractivity contribution is 0.888. The molecule has 3 aromatic carbocycles. The van der Waals surface area contributed by atoms with Gasteiger partial charge in [-0.15, -0.1) is 10.2 Å². The third-order valence-corrected chi connectivity index (χ3v) is 4.77. The van der Waals surface area contributed by atoms with Crippen LogP contribution >= 0.6 is 11.8 Å². The predicted octanol–water partition coefficient (Wildman–Crippen LogP) is 5.08. The molecule has 0 N–H and O–H groups in total. The van der Waals surface area contributed by atoms with Crippen molar-refractivity contribution in [1.29, 1.82) is 0 Å². The van der Waals surface area contributed by atoms with E-state index >= 15 is 0 Å². The molecule has 0 spiro atoms. The topological polar surface area (TPSA) is 30.7 Å². The van der Waals surface area contributed by atoms with Crippen molar-refractivity contribution in [3.8, 4) is 28.9 Å². The molecule has 0 unspecified atom stereocenters. The summed E-state index contributed by atoms with van der Waals surface area (Å²) in [5.41, 5.74) is 3.10. The number of rotatable bonds is 4. The zero-order valence-electron chi connectivity index (χ0n) is 14.6. The Hall–Kier alpha value is -3.29. The van der Waals surface area contributed by atoms with Crippen molar-refractivity contribution in [2.24, 2.45) is 0 Å². The molecule has 0 saturated heterocycles. The molecule has 0 aliphatic rings. The molecule has 3 nitrogen and oxygen atoms in total. The van der Waals surface area contributed by atoms with E-state index in [1.807, 2.05) is 78.9 Å². The SMILES string of the molecule is C(#Cc1ccccc1)CSc1nnc(-c2ccccc2)n1-c1ccccc1. The van der Waals surface area contributed by atoms with E-state index in [9.17, 15) is 0 Å². The van der Waals surface area contributed by atoms with Gasteiger partial charge in [-0.1, -0.05) is 90.3 Å². The third-order valence-electron chi connectivity index (χ3n) is 3.96. The molecule has 130 valence electrons. The lowest BCUT2D eigenvalue weighted by Crippen LogP contribution is -1.99. The van der Waals surface area contributed by atoms with Crippen molar-refractivity contribution in [1.82, 2.24) is 14.8 Å². The lowest BCUT2D eigenvalue weighted by Gasteiger charge is -2.09. The summed E-state index contributed by atoms with van der Waals surface area (Å²) in [4.78, 5) is 0. The standard InChI is InChI=1S/C23H17N3S/c1-4-11-19(12-5-1)13-10-18-27-23-25-24-22(20-14-6-2-7-15-20)26(23)21-16-8-3-9-17-21/h1-9,11-12,14-17H,18H2. The molecular weight excluding hydrogens is 350 g/mol. The van der Waals surface area contributed by atoms with Gasteiger partial charge in [-0.3, -0.25) is 4.57 Å². The van der Waals surface area contributed by atoms with Crippen LogP contribution in [0.15, 0.2) is 96.2 Å². The molecule has 4 rings (SSSR count). The second-order valence-electron chi connectivity index (χ2n) is 5.80. The highest BCUT2D eigenvalue weighted by atomic mass is 32.2. The number of thioether (sulfide) groups is 1. The van der Waals surface area contributed by atoms with Gasteiger partial charge in [0.25, 0.3) is 0 Å². The number of benzene rings is 3. The molecule has 0 aliphatic heterocycles. The van der Waals surface area contributed by atoms with Gasteiger partial charge in [0.15, 0.2) is 11.0 Å². The van der Waals surface area contributed by atoms with E-state index in [0.717, 1.165) is 27.8 Å². The average molecular weight is 367 g/mol. The average Bonchev–Trinajstić information content (AvgIpc) is 3.17. The predicted molar refractivity (Wildman–Crippen MR) is 111 cm³/mol. The summed E-state index contributed by atoms with van der Waals surface area (Å²) in [6.07, 6.45) is 0. The van der Waals surface area contributed by atoms with Crippen molar-refractivity contribution >= 4 is 11.8 Å². The Morgan fingerprint density at radius 3 is 2.07 bits per heavy atom. The summed E-state index contributed by atoms with van der Waals surface area (Å²) in [5, 5.41) is 9.70. The molecule has 4 aromatic rings. The largest absolute Gasteiger partial charge is 0.270 e. The van der Waals surface area contributed by atoms with Crippen LogP contribution in [-0.2, 0) is 0 Å². The van der Waals surface area contributed by atoms with Crippen LogP contribution in [0.4, 0.5) is 0 Å². The van der Waals surface area contributed by atoms with E-state index in [1.54, 1.807) is 11.8 Å². The first kappa shape index (κ1) is 17.1. The molecule has 0 aliphatic carbocycles. The number of hydrogen-bond acceptors (Lipinski definition) is 3. The second-order valence-corrected chi connectivity index (χ2v) is 6.74. The van der Waals surface area contributed by atoms with Crippen LogP contribution in [0.3, 0.4) is 0 Å². The van der Waals surface area contributed by atoms with E-state index in [-0.39, 0.29) is 0 Å². The minimum atomic E-state index is 0.647. The van der Waals surface area contributed by atoms with Gasteiger partial charge in [0, 0.05) is 16.8 Å². The molecule has 27 heavy (non-hydrogen) atoms. The fourth-order valence-corrected chi connectivity index (χ4v) is 3.40. The Kier molecular flexibility index (Phi) is 5.33. The Morgan fingerprint density at radius 1 is 0.741 bits per heavy atom. The van der Waals surface area contributed by atoms with Gasteiger partial charge in [0.2, 0.25) is 0 Å². The fourth-order valence-electron chi connectivity index (χ4n) is 2.71. The summed E-state index contributed by atoms with van der Waals surface area (Å²) >= 11 is 1.59. The lowest BCUT2D eigenvalue weighted by atomic mass is 10.2. The summed E-state index contributed by atoms with van der Waals surface area (Å²) in [6, 6.07) is 30.3. The zero-order valence-corrected chi connectivity index (χ0v) is 15.4. The Bertz CT molecular complexity index is 1060. The van der Waals surface area contributed by atoms with Crippen LogP contribution < -0.4 is 0 Å². The van der Waals surface area contributed by atoms with Crippen molar-refractivity contribution in [3.63, 3.8) is 0 Å². The van der Waals surface area contributed by atoms with E-state index in [0.29, 0.717) is 5.75 Å². The normalized spacial score (nSPS) is 10.2. The Balaban J connectivity index is 1.63. The van der Waals surface area contributed by atoms with Crippen molar-refractivity contribution in [3.05, 3.63) is 96.6 Å². The Morgan fingerprint density at radius 2 is 1.37 bits per heavy atom. The molecule has 1 aromatic heterocycles. The van der Waals surface area contributed by atoms with Crippen molar-refractivity contribution < 1.29 is 0 Å². The van der Waals surface area contributed by atoms with E-state index in [4.69, 9.17) is 0 Å². The maximum atomic E-state index is 4.44. The number of hydrogen-bond donors (Lipinski definition) is 0. The molecule has 0 saturated carbocycles. The quantitative estimate of drug-likeness (QED) is 0.372.